The van der Waals surface area contributed by atoms with Crippen LogP contribution in [0, 0.1) is 5.92 Å². The van der Waals surface area contributed by atoms with Gasteiger partial charge in [-0.2, -0.15) is 0 Å². The molecular weight excluding hydrogens is 288 g/mol. The lowest BCUT2D eigenvalue weighted by molar-refractivity contribution is 0.355. The van der Waals surface area contributed by atoms with Crippen molar-refractivity contribution >= 4 is 15.9 Å². The highest BCUT2D eigenvalue weighted by atomic mass is 79.9. The van der Waals surface area contributed by atoms with Crippen LogP contribution in [-0.2, 0) is 6.42 Å². The topological polar surface area (TPSA) is 24.9 Å². The summed E-state index contributed by atoms with van der Waals surface area (Å²) < 4.78 is 1.07. The number of hydrogen-bond donors (Lipinski definition) is 1. The van der Waals surface area contributed by atoms with Crippen molar-refractivity contribution in [3.63, 3.8) is 0 Å². The van der Waals surface area contributed by atoms with Crippen LogP contribution in [-0.4, -0.2) is 17.1 Å². The summed E-state index contributed by atoms with van der Waals surface area (Å²) >= 11 is 3.48. The van der Waals surface area contributed by atoms with Gasteiger partial charge in [-0.3, -0.25) is 4.98 Å². The Morgan fingerprint density at radius 3 is 2.61 bits per heavy atom. The molecule has 1 heterocycles. The van der Waals surface area contributed by atoms with Crippen molar-refractivity contribution in [1.29, 1.82) is 0 Å². The monoisotopic (exact) mass is 312 g/mol. The molecular formula is C15H25BrN2. The summed E-state index contributed by atoms with van der Waals surface area (Å²) in [5.41, 5.74) is 1.51. The minimum absolute atomic E-state index is 0.196. The van der Waals surface area contributed by atoms with Gasteiger partial charge in [-0.15, -0.1) is 0 Å². The molecule has 1 aromatic rings. The predicted octanol–water partition coefficient (Wildman–Crippen LogP) is 4.19. The van der Waals surface area contributed by atoms with Crippen LogP contribution in [0.4, 0.5) is 0 Å². The first-order chi connectivity index (χ1) is 8.40. The maximum Gasteiger partial charge on any atom is 0.0410 e. The Kier molecular flexibility index (Phi) is 6.30. The Bertz CT molecular complexity index is 358. The second-order valence-corrected chi connectivity index (χ2v) is 6.92. The van der Waals surface area contributed by atoms with E-state index < -0.39 is 0 Å². The van der Waals surface area contributed by atoms with E-state index in [1.807, 2.05) is 12.4 Å². The summed E-state index contributed by atoms with van der Waals surface area (Å²) in [5.74, 6) is 0.685. The molecule has 1 rings (SSSR count). The molecule has 102 valence electrons. The van der Waals surface area contributed by atoms with Gasteiger partial charge in [0.15, 0.2) is 0 Å². The lowest BCUT2D eigenvalue weighted by Gasteiger charge is -2.25. The molecule has 0 radical (unpaired) electrons. The molecule has 0 fully saturated rings. The van der Waals surface area contributed by atoms with Crippen LogP contribution in [0.1, 0.15) is 46.1 Å². The van der Waals surface area contributed by atoms with Crippen molar-refractivity contribution in [2.24, 2.45) is 5.92 Å². The third kappa shape index (κ3) is 6.50. The molecule has 0 aliphatic carbocycles. The molecule has 18 heavy (non-hydrogen) atoms. The van der Waals surface area contributed by atoms with E-state index in [9.17, 15) is 0 Å². The van der Waals surface area contributed by atoms with Gasteiger partial charge >= 0.3 is 0 Å². The molecule has 0 aliphatic heterocycles. The maximum absolute atomic E-state index is 4.24. The molecule has 1 aromatic heterocycles. The van der Waals surface area contributed by atoms with Gasteiger partial charge in [0.1, 0.15) is 0 Å². The Morgan fingerprint density at radius 1 is 1.33 bits per heavy atom. The first kappa shape index (κ1) is 15.6. The molecule has 1 unspecified atom stereocenters. The number of nitrogens with zero attached hydrogens (tertiary/aromatic N) is 1. The molecule has 0 bridgehead atoms. The Hall–Kier alpha value is -0.410. The number of rotatable bonds is 6. The maximum atomic E-state index is 4.24. The third-order valence-corrected chi connectivity index (χ3v) is 3.34. The summed E-state index contributed by atoms with van der Waals surface area (Å²) in [6.45, 7) is 9.98. The summed E-state index contributed by atoms with van der Waals surface area (Å²) in [4.78, 5) is 4.24. The fraction of sp³-hybridized carbons (Fsp3) is 0.667. The lowest BCUT2D eigenvalue weighted by Crippen LogP contribution is -2.39. The van der Waals surface area contributed by atoms with Crippen molar-refractivity contribution < 1.29 is 0 Å². The number of hydrogen-bond acceptors (Lipinski definition) is 2. The number of nitrogens with one attached hydrogen (secondary N) is 1. The average molecular weight is 313 g/mol. The predicted molar refractivity (Wildman–Crippen MR) is 81.8 cm³/mol. The minimum atomic E-state index is 0.196. The SMILES string of the molecule is CCCC(CNC(C)(C)C)Cc1cncc(Br)c1. The Labute approximate surface area is 120 Å². The zero-order chi connectivity index (χ0) is 13.6. The standard InChI is InChI=1S/C15H25BrN2/c1-5-6-12(10-18-15(2,3)4)7-13-8-14(16)11-17-9-13/h8-9,11-12,18H,5-7,10H2,1-4H3. The van der Waals surface area contributed by atoms with E-state index in [-0.39, 0.29) is 5.54 Å². The molecule has 1 atom stereocenters. The van der Waals surface area contributed by atoms with Gasteiger partial charge in [-0.1, -0.05) is 13.3 Å². The van der Waals surface area contributed by atoms with E-state index in [0.29, 0.717) is 5.92 Å². The second-order valence-electron chi connectivity index (χ2n) is 6.00. The van der Waals surface area contributed by atoms with E-state index in [2.05, 4.69) is 60.0 Å². The van der Waals surface area contributed by atoms with Gasteiger partial charge in [0, 0.05) is 22.4 Å². The van der Waals surface area contributed by atoms with E-state index in [0.717, 1.165) is 17.4 Å². The van der Waals surface area contributed by atoms with E-state index >= 15 is 0 Å². The zero-order valence-electron chi connectivity index (χ0n) is 12.0. The van der Waals surface area contributed by atoms with E-state index in [4.69, 9.17) is 0 Å². The summed E-state index contributed by atoms with van der Waals surface area (Å²) in [6, 6.07) is 2.17. The third-order valence-electron chi connectivity index (χ3n) is 2.90. The molecule has 0 spiro atoms. The first-order valence-corrected chi connectivity index (χ1v) is 7.54. The van der Waals surface area contributed by atoms with Crippen molar-refractivity contribution in [2.75, 3.05) is 6.54 Å². The largest absolute Gasteiger partial charge is 0.312 e. The van der Waals surface area contributed by atoms with Crippen molar-refractivity contribution in [1.82, 2.24) is 10.3 Å². The first-order valence-electron chi connectivity index (χ1n) is 6.75. The van der Waals surface area contributed by atoms with Crippen molar-refractivity contribution in [3.8, 4) is 0 Å². The van der Waals surface area contributed by atoms with Crippen LogP contribution in [0.3, 0.4) is 0 Å². The van der Waals surface area contributed by atoms with Crippen LogP contribution >= 0.6 is 15.9 Å². The molecule has 0 amide bonds. The van der Waals surface area contributed by atoms with Crippen LogP contribution in [0.15, 0.2) is 22.9 Å². The smallest absolute Gasteiger partial charge is 0.0410 e. The van der Waals surface area contributed by atoms with Gasteiger partial charge in [0.2, 0.25) is 0 Å². The van der Waals surface area contributed by atoms with Crippen LogP contribution in [0.25, 0.3) is 0 Å². The minimum Gasteiger partial charge on any atom is -0.312 e. The summed E-state index contributed by atoms with van der Waals surface area (Å²) in [6.07, 6.45) is 7.41. The molecule has 3 heteroatoms. The normalized spacial score (nSPS) is 13.6. The molecule has 0 aliphatic rings. The van der Waals surface area contributed by atoms with Crippen molar-refractivity contribution in [3.05, 3.63) is 28.5 Å². The highest BCUT2D eigenvalue weighted by Gasteiger charge is 2.14. The molecule has 0 aromatic carbocycles. The van der Waals surface area contributed by atoms with Crippen LogP contribution < -0.4 is 5.32 Å². The van der Waals surface area contributed by atoms with Gasteiger partial charge in [-0.25, -0.2) is 0 Å². The number of aromatic nitrogens is 1. The molecule has 0 saturated carbocycles. The van der Waals surface area contributed by atoms with Crippen LogP contribution in [0.5, 0.6) is 0 Å². The lowest BCUT2D eigenvalue weighted by atomic mass is 9.94. The molecule has 2 nitrogen and oxygen atoms in total. The zero-order valence-corrected chi connectivity index (χ0v) is 13.5. The fourth-order valence-electron chi connectivity index (χ4n) is 2.04. The van der Waals surface area contributed by atoms with Gasteiger partial charge in [0.25, 0.3) is 0 Å². The quantitative estimate of drug-likeness (QED) is 0.852. The van der Waals surface area contributed by atoms with Gasteiger partial charge < -0.3 is 5.32 Å². The van der Waals surface area contributed by atoms with Crippen molar-refractivity contribution in [2.45, 2.75) is 52.5 Å². The highest BCUT2D eigenvalue weighted by molar-refractivity contribution is 9.10. The fourth-order valence-corrected chi connectivity index (χ4v) is 2.45. The number of pyridine rings is 1. The second kappa shape index (κ2) is 7.25. The summed E-state index contributed by atoms with van der Waals surface area (Å²) in [5, 5.41) is 3.61. The van der Waals surface area contributed by atoms with Gasteiger partial charge in [-0.05, 0) is 73.6 Å². The van der Waals surface area contributed by atoms with E-state index in [1.165, 1.54) is 18.4 Å². The summed E-state index contributed by atoms with van der Waals surface area (Å²) in [7, 11) is 0. The average Bonchev–Trinajstić information content (AvgIpc) is 2.25. The van der Waals surface area contributed by atoms with Crippen LogP contribution in [0.2, 0.25) is 0 Å². The Balaban J connectivity index is 2.57. The highest BCUT2D eigenvalue weighted by Crippen LogP contribution is 2.17. The number of halogens is 1. The molecule has 1 N–H and O–H groups in total. The molecule has 0 saturated heterocycles. The van der Waals surface area contributed by atoms with E-state index in [1.54, 1.807) is 0 Å². The van der Waals surface area contributed by atoms with Gasteiger partial charge in [0.05, 0.1) is 0 Å². The Morgan fingerprint density at radius 2 is 2.06 bits per heavy atom.